The predicted molar refractivity (Wildman–Crippen MR) is 115 cm³/mol. The molecule has 5 nitrogen and oxygen atoms in total. The summed E-state index contributed by atoms with van der Waals surface area (Å²) in [6.45, 7) is 3.89. The number of halogens is 1. The number of nitrogens with one attached hydrogen (secondary N) is 3. The van der Waals surface area contributed by atoms with Gasteiger partial charge >= 0.3 is 0 Å². The molecule has 1 aliphatic rings. The first-order valence-electron chi connectivity index (χ1n) is 8.63. The monoisotopic (exact) mass is 445 g/mol. The van der Waals surface area contributed by atoms with Gasteiger partial charge in [0.15, 0.2) is 5.11 Å². The van der Waals surface area contributed by atoms with Crippen molar-refractivity contribution >= 4 is 56.4 Å². The van der Waals surface area contributed by atoms with Crippen molar-refractivity contribution in [2.24, 2.45) is 5.92 Å². The number of hydrogen-bond donors (Lipinski definition) is 3. The molecular weight excluding hydrogens is 426 g/mol. The van der Waals surface area contributed by atoms with Crippen LogP contribution in [0.3, 0.4) is 0 Å². The first kappa shape index (κ1) is 19.5. The van der Waals surface area contributed by atoms with Gasteiger partial charge in [-0.2, -0.15) is 0 Å². The SMILES string of the molecule is Cc1ccc(C(=O)NC(=S)Nc2ccc(C)c(NC(=O)C3CC3)c2)cc1Br. The number of carbonyl (C=O) groups is 2. The Hall–Kier alpha value is -2.25. The van der Waals surface area contributed by atoms with Crippen LogP contribution in [0.4, 0.5) is 11.4 Å². The number of hydrogen-bond acceptors (Lipinski definition) is 3. The average Bonchev–Trinajstić information content (AvgIpc) is 3.45. The molecule has 0 aromatic heterocycles. The van der Waals surface area contributed by atoms with Crippen molar-refractivity contribution in [1.82, 2.24) is 5.32 Å². The van der Waals surface area contributed by atoms with Gasteiger partial charge in [-0.3, -0.25) is 14.9 Å². The first-order valence-corrected chi connectivity index (χ1v) is 9.83. The summed E-state index contributed by atoms with van der Waals surface area (Å²) < 4.78 is 0.864. The standard InChI is InChI=1S/C20H20BrN3O2S/c1-11-3-5-14(9-16(11)21)19(26)24-20(27)22-15-8-4-12(2)17(10-15)23-18(25)13-6-7-13/h3-5,8-10,13H,6-7H2,1-2H3,(H,23,25)(H2,22,24,26,27). The minimum absolute atomic E-state index is 0.0519. The Labute approximate surface area is 172 Å². The van der Waals surface area contributed by atoms with Gasteiger partial charge in [0.1, 0.15) is 0 Å². The fourth-order valence-electron chi connectivity index (χ4n) is 2.49. The van der Waals surface area contributed by atoms with Crippen molar-refractivity contribution in [2.75, 3.05) is 10.6 Å². The summed E-state index contributed by atoms with van der Waals surface area (Å²) in [5, 5.41) is 8.80. The van der Waals surface area contributed by atoms with Crippen molar-refractivity contribution in [1.29, 1.82) is 0 Å². The summed E-state index contributed by atoms with van der Waals surface area (Å²) in [7, 11) is 0. The van der Waals surface area contributed by atoms with Gasteiger partial charge in [-0.1, -0.05) is 28.1 Å². The quantitative estimate of drug-likeness (QED) is 0.604. The Morgan fingerprint density at radius 2 is 1.74 bits per heavy atom. The maximum Gasteiger partial charge on any atom is 0.257 e. The third-order valence-electron chi connectivity index (χ3n) is 4.36. The van der Waals surface area contributed by atoms with E-state index in [0.29, 0.717) is 11.3 Å². The minimum Gasteiger partial charge on any atom is -0.332 e. The number of amides is 2. The molecule has 0 atom stereocenters. The molecule has 140 valence electrons. The molecule has 0 heterocycles. The number of carbonyl (C=O) groups excluding carboxylic acids is 2. The highest BCUT2D eigenvalue weighted by molar-refractivity contribution is 9.10. The second kappa shape index (κ2) is 8.19. The second-order valence-electron chi connectivity index (χ2n) is 6.67. The summed E-state index contributed by atoms with van der Waals surface area (Å²) in [6.07, 6.45) is 1.90. The highest BCUT2D eigenvalue weighted by Crippen LogP contribution is 2.31. The van der Waals surface area contributed by atoms with Crippen LogP contribution in [-0.2, 0) is 4.79 Å². The summed E-state index contributed by atoms with van der Waals surface area (Å²) in [6, 6.07) is 10.9. The highest BCUT2D eigenvalue weighted by atomic mass is 79.9. The van der Waals surface area contributed by atoms with Crippen LogP contribution in [0.1, 0.15) is 34.3 Å². The average molecular weight is 446 g/mol. The molecule has 7 heteroatoms. The molecule has 27 heavy (non-hydrogen) atoms. The summed E-state index contributed by atoms with van der Waals surface area (Å²) in [5.74, 6) is -0.103. The van der Waals surface area contributed by atoms with Gasteiger partial charge in [0.2, 0.25) is 5.91 Å². The van der Waals surface area contributed by atoms with Gasteiger partial charge in [-0.05, 0) is 74.3 Å². The van der Waals surface area contributed by atoms with Crippen LogP contribution in [-0.4, -0.2) is 16.9 Å². The Morgan fingerprint density at radius 3 is 2.41 bits per heavy atom. The largest absolute Gasteiger partial charge is 0.332 e. The van der Waals surface area contributed by atoms with Gasteiger partial charge in [0.25, 0.3) is 5.91 Å². The smallest absolute Gasteiger partial charge is 0.257 e. The Kier molecular flexibility index (Phi) is 5.92. The minimum atomic E-state index is -0.289. The molecule has 3 rings (SSSR count). The van der Waals surface area contributed by atoms with Gasteiger partial charge in [0, 0.05) is 27.3 Å². The molecule has 0 radical (unpaired) electrons. The summed E-state index contributed by atoms with van der Waals surface area (Å²) in [5.41, 5.74) is 3.97. The summed E-state index contributed by atoms with van der Waals surface area (Å²) in [4.78, 5) is 24.3. The van der Waals surface area contributed by atoms with Crippen molar-refractivity contribution in [3.8, 4) is 0 Å². The van der Waals surface area contributed by atoms with E-state index in [-0.39, 0.29) is 22.8 Å². The highest BCUT2D eigenvalue weighted by Gasteiger charge is 2.29. The van der Waals surface area contributed by atoms with Crippen LogP contribution < -0.4 is 16.0 Å². The number of anilines is 2. The molecule has 2 aromatic carbocycles. The lowest BCUT2D eigenvalue weighted by Gasteiger charge is -2.13. The molecule has 1 aliphatic carbocycles. The lowest BCUT2D eigenvalue weighted by molar-refractivity contribution is -0.117. The molecule has 1 fully saturated rings. The first-order chi connectivity index (χ1) is 12.8. The molecule has 2 aromatic rings. The van der Waals surface area contributed by atoms with Crippen molar-refractivity contribution < 1.29 is 9.59 Å². The van der Waals surface area contributed by atoms with E-state index in [1.807, 2.05) is 38.1 Å². The third kappa shape index (κ3) is 5.14. The zero-order valence-corrected chi connectivity index (χ0v) is 17.5. The van der Waals surface area contributed by atoms with E-state index in [4.69, 9.17) is 12.2 Å². The van der Waals surface area contributed by atoms with Crippen molar-refractivity contribution in [3.63, 3.8) is 0 Å². The van der Waals surface area contributed by atoms with E-state index in [2.05, 4.69) is 31.9 Å². The van der Waals surface area contributed by atoms with E-state index in [9.17, 15) is 9.59 Å². The number of aryl methyl sites for hydroxylation is 2. The third-order valence-corrected chi connectivity index (χ3v) is 5.42. The number of benzene rings is 2. The molecule has 3 N–H and O–H groups in total. The Balaban J connectivity index is 1.63. The van der Waals surface area contributed by atoms with Crippen molar-refractivity contribution in [2.45, 2.75) is 26.7 Å². The van der Waals surface area contributed by atoms with Crippen LogP contribution in [0.25, 0.3) is 0 Å². The predicted octanol–water partition coefficient (Wildman–Crippen LogP) is 4.54. The lowest BCUT2D eigenvalue weighted by Crippen LogP contribution is -2.34. The van der Waals surface area contributed by atoms with Crippen LogP contribution in [0, 0.1) is 19.8 Å². The molecule has 0 saturated heterocycles. The van der Waals surface area contributed by atoms with E-state index < -0.39 is 0 Å². The Morgan fingerprint density at radius 1 is 1.04 bits per heavy atom. The molecule has 0 spiro atoms. The maximum atomic E-state index is 12.3. The van der Waals surface area contributed by atoms with Crippen LogP contribution in [0.2, 0.25) is 0 Å². The van der Waals surface area contributed by atoms with Gasteiger partial charge in [0.05, 0.1) is 0 Å². The van der Waals surface area contributed by atoms with Crippen molar-refractivity contribution in [3.05, 3.63) is 57.6 Å². The molecule has 0 bridgehead atoms. The molecule has 1 saturated carbocycles. The molecular formula is C20H20BrN3O2S. The van der Waals surface area contributed by atoms with Crippen LogP contribution in [0.15, 0.2) is 40.9 Å². The topological polar surface area (TPSA) is 70.2 Å². The fourth-order valence-corrected chi connectivity index (χ4v) is 3.08. The molecule has 0 aliphatic heterocycles. The Bertz CT molecular complexity index is 925. The number of rotatable bonds is 4. The van der Waals surface area contributed by atoms with E-state index in [1.54, 1.807) is 12.1 Å². The van der Waals surface area contributed by atoms with E-state index in [1.165, 1.54) is 0 Å². The normalized spacial score (nSPS) is 13.0. The van der Waals surface area contributed by atoms with Crippen LogP contribution >= 0.6 is 28.1 Å². The summed E-state index contributed by atoms with van der Waals surface area (Å²) >= 11 is 8.66. The molecule has 2 amide bonds. The number of thiocarbonyl (C=S) groups is 1. The van der Waals surface area contributed by atoms with E-state index in [0.717, 1.165) is 34.1 Å². The van der Waals surface area contributed by atoms with E-state index >= 15 is 0 Å². The van der Waals surface area contributed by atoms with Gasteiger partial charge in [-0.15, -0.1) is 0 Å². The van der Waals surface area contributed by atoms with Crippen LogP contribution in [0.5, 0.6) is 0 Å². The fraction of sp³-hybridized carbons (Fsp3) is 0.250. The maximum absolute atomic E-state index is 12.3. The van der Waals surface area contributed by atoms with Gasteiger partial charge in [-0.25, -0.2) is 0 Å². The lowest BCUT2D eigenvalue weighted by atomic mass is 10.1. The van der Waals surface area contributed by atoms with Gasteiger partial charge < -0.3 is 10.6 Å². The molecule has 0 unspecified atom stereocenters. The second-order valence-corrected chi connectivity index (χ2v) is 7.93. The zero-order chi connectivity index (χ0) is 19.6. The zero-order valence-electron chi connectivity index (χ0n) is 15.1.